The lowest BCUT2D eigenvalue weighted by molar-refractivity contribution is -0.0740. The van der Waals surface area contributed by atoms with Gasteiger partial charge in [-0.15, -0.1) is 0 Å². The third-order valence-corrected chi connectivity index (χ3v) is 4.13. The van der Waals surface area contributed by atoms with Crippen molar-refractivity contribution in [3.05, 3.63) is 0 Å². The Kier molecular flexibility index (Phi) is 1.37. The molecule has 3 heterocycles. The summed E-state index contributed by atoms with van der Waals surface area (Å²) in [5, 5.41) is 0. The standard InChI is InChI=1S/C10H18N2/c11-6-10-2-8-1-9(3-10)5-12(4-8)7-10/h8-9H,1-7,11H2. The third-order valence-electron chi connectivity index (χ3n) is 4.13. The second-order valence-corrected chi connectivity index (χ2v) is 5.27. The fourth-order valence-electron chi connectivity index (χ4n) is 3.99. The largest absolute Gasteiger partial charge is 0.330 e. The summed E-state index contributed by atoms with van der Waals surface area (Å²) in [4.78, 5) is 2.65. The van der Waals surface area contributed by atoms with Crippen LogP contribution in [0.2, 0.25) is 0 Å². The number of hydrogen-bond acceptors (Lipinski definition) is 2. The maximum atomic E-state index is 5.90. The Balaban J connectivity index is 1.90. The van der Waals surface area contributed by atoms with E-state index in [1.165, 1.54) is 38.9 Å². The van der Waals surface area contributed by atoms with Gasteiger partial charge in [0.2, 0.25) is 0 Å². The summed E-state index contributed by atoms with van der Waals surface area (Å²) in [7, 11) is 0. The SMILES string of the molecule is NCC12CC3CC(CN(C3)C1)C2. The van der Waals surface area contributed by atoms with Gasteiger partial charge in [-0.25, -0.2) is 0 Å². The first-order valence-corrected chi connectivity index (χ1v) is 5.22. The molecule has 12 heavy (non-hydrogen) atoms. The third kappa shape index (κ3) is 0.882. The maximum absolute atomic E-state index is 5.90. The minimum atomic E-state index is 0.546. The number of hydrogen-bond donors (Lipinski definition) is 1. The molecule has 2 nitrogen and oxygen atoms in total. The zero-order valence-corrected chi connectivity index (χ0v) is 7.63. The average Bonchev–Trinajstić information content (AvgIpc) is 2.02. The van der Waals surface area contributed by atoms with Crippen molar-refractivity contribution >= 4 is 0 Å². The lowest BCUT2D eigenvalue weighted by atomic mass is 9.59. The number of nitrogens with two attached hydrogens (primary N) is 1. The number of rotatable bonds is 1. The van der Waals surface area contributed by atoms with Crippen LogP contribution in [0.3, 0.4) is 0 Å². The highest BCUT2D eigenvalue weighted by Crippen LogP contribution is 2.50. The second-order valence-electron chi connectivity index (χ2n) is 5.27. The Morgan fingerprint density at radius 1 is 1.25 bits per heavy atom. The summed E-state index contributed by atoms with van der Waals surface area (Å²) < 4.78 is 0. The van der Waals surface area contributed by atoms with Crippen LogP contribution in [0, 0.1) is 17.3 Å². The molecule has 3 saturated heterocycles. The highest BCUT2D eigenvalue weighted by atomic mass is 15.2. The molecule has 0 aromatic heterocycles. The summed E-state index contributed by atoms with van der Waals surface area (Å²) >= 11 is 0. The zero-order valence-electron chi connectivity index (χ0n) is 7.63. The molecule has 2 heteroatoms. The van der Waals surface area contributed by atoms with Crippen LogP contribution in [-0.2, 0) is 0 Å². The van der Waals surface area contributed by atoms with Gasteiger partial charge in [0.1, 0.15) is 0 Å². The van der Waals surface area contributed by atoms with E-state index in [-0.39, 0.29) is 0 Å². The molecule has 1 saturated carbocycles. The van der Waals surface area contributed by atoms with E-state index in [4.69, 9.17) is 5.73 Å². The summed E-state index contributed by atoms with van der Waals surface area (Å²) in [5.74, 6) is 1.99. The Hall–Kier alpha value is -0.0800. The van der Waals surface area contributed by atoms with Crippen molar-refractivity contribution in [3.63, 3.8) is 0 Å². The molecule has 0 aromatic carbocycles. The molecule has 0 radical (unpaired) electrons. The van der Waals surface area contributed by atoms with E-state index in [1.54, 1.807) is 0 Å². The normalized spacial score (nSPS) is 56.2. The van der Waals surface area contributed by atoms with Gasteiger partial charge >= 0.3 is 0 Å². The molecule has 4 bridgehead atoms. The average molecular weight is 166 g/mol. The van der Waals surface area contributed by atoms with Gasteiger partial charge < -0.3 is 10.6 Å². The second kappa shape index (κ2) is 2.24. The predicted molar refractivity (Wildman–Crippen MR) is 48.8 cm³/mol. The summed E-state index contributed by atoms with van der Waals surface area (Å²) in [6, 6.07) is 0. The van der Waals surface area contributed by atoms with Crippen LogP contribution in [0.5, 0.6) is 0 Å². The first-order valence-electron chi connectivity index (χ1n) is 5.22. The first kappa shape index (κ1) is 7.34. The number of piperidine rings is 3. The molecule has 2 atom stereocenters. The minimum Gasteiger partial charge on any atom is -0.330 e. The monoisotopic (exact) mass is 166 g/mol. The lowest BCUT2D eigenvalue weighted by Crippen LogP contribution is -2.61. The molecule has 0 amide bonds. The molecule has 0 spiro atoms. The van der Waals surface area contributed by atoms with E-state index in [1.807, 2.05) is 0 Å². The molecule has 4 aliphatic rings. The quantitative estimate of drug-likeness (QED) is 0.620. The molecule has 2 unspecified atom stereocenters. The van der Waals surface area contributed by atoms with Crippen molar-refractivity contribution in [2.24, 2.45) is 23.0 Å². The molecule has 2 N–H and O–H groups in total. The summed E-state index contributed by atoms with van der Waals surface area (Å²) in [6.45, 7) is 4.98. The summed E-state index contributed by atoms with van der Waals surface area (Å²) in [6.07, 6.45) is 4.35. The van der Waals surface area contributed by atoms with Crippen LogP contribution in [-0.4, -0.2) is 31.1 Å². The summed E-state index contributed by atoms with van der Waals surface area (Å²) in [5.41, 5.74) is 6.45. The van der Waals surface area contributed by atoms with Crippen LogP contribution in [0.4, 0.5) is 0 Å². The molecule has 0 aromatic rings. The molecule has 68 valence electrons. The molecule has 4 rings (SSSR count). The van der Waals surface area contributed by atoms with Crippen LogP contribution < -0.4 is 5.73 Å². The fourth-order valence-corrected chi connectivity index (χ4v) is 3.99. The van der Waals surface area contributed by atoms with Gasteiger partial charge in [-0.05, 0) is 43.1 Å². The molecule has 1 aliphatic carbocycles. The van der Waals surface area contributed by atoms with E-state index < -0.39 is 0 Å². The van der Waals surface area contributed by atoms with Gasteiger partial charge in [0, 0.05) is 19.6 Å². The van der Waals surface area contributed by atoms with Crippen molar-refractivity contribution in [1.29, 1.82) is 0 Å². The molecular weight excluding hydrogens is 148 g/mol. The Bertz CT molecular complexity index is 165. The van der Waals surface area contributed by atoms with Crippen molar-refractivity contribution < 1.29 is 0 Å². The van der Waals surface area contributed by atoms with Crippen LogP contribution in [0.15, 0.2) is 0 Å². The van der Waals surface area contributed by atoms with Gasteiger partial charge in [-0.3, -0.25) is 0 Å². The van der Waals surface area contributed by atoms with Gasteiger partial charge in [0.25, 0.3) is 0 Å². The van der Waals surface area contributed by atoms with Crippen molar-refractivity contribution in [2.75, 3.05) is 26.2 Å². The highest BCUT2D eigenvalue weighted by Gasteiger charge is 2.49. The molecule has 3 aliphatic heterocycles. The Morgan fingerprint density at radius 2 is 1.92 bits per heavy atom. The fraction of sp³-hybridized carbons (Fsp3) is 1.00. The lowest BCUT2D eigenvalue weighted by Gasteiger charge is -2.58. The van der Waals surface area contributed by atoms with Gasteiger partial charge in [-0.1, -0.05) is 0 Å². The molecular formula is C10H18N2. The number of nitrogens with zero attached hydrogens (tertiary/aromatic N) is 1. The van der Waals surface area contributed by atoms with Crippen LogP contribution >= 0.6 is 0 Å². The predicted octanol–water partition coefficient (Wildman–Crippen LogP) is 0.677. The van der Waals surface area contributed by atoms with Crippen LogP contribution in [0.1, 0.15) is 19.3 Å². The minimum absolute atomic E-state index is 0.546. The van der Waals surface area contributed by atoms with Gasteiger partial charge in [0.05, 0.1) is 0 Å². The van der Waals surface area contributed by atoms with Crippen LogP contribution in [0.25, 0.3) is 0 Å². The maximum Gasteiger partial charge on any atom is 0.00505 e. The topological polar surface area (TPSA) is 29.3 Å². The zero-order chi connectivity index (χ0) is 8.18. The van der Waals surface area contributed by atoms with Gasteiger partial charge in [0.15, 0.2) is 0 Å². The van der Waals surface area contributed by atoms with Crippen molar-refractivity contribution in [3.8, 4) is 0 Å². The van der Waals surface area contributed by atoms with E-state index in [0.717, 1.165) is 18.4 Å². The smallest absolute Gasteiger partial charge is 0.00505 e. The molecule has 4 fully saturated rings. The van der Waals surface area contributed by atoms with E-state index in [0.29, 0.717) is 5.41 Å². The van der Waals surface area contributed by atoms with E-state index in [2.05, 4.69) is 4.90 Å². The van der Waals surface area contributed by atoms with Gasteiger partial charge in [-0.2, -0.15) is 0 Å². The van der Waals surface area contributed by atoms with Crippen molar-refractivity contribution in [2.45, 2.75) is 19.3 Å². The van der Waals surface area contributed by atoms with E-state index >= 15 is 0 Å². The Morgan fingerprint density at radius 3 is 2.42 bits per heavy atom. The van der Waals surface area contributed by atoms with Crippen molar-refractivity contribution in [1.82, 2.24) is 4.90 Å². The van der Waals surface area contributed by atoms with E-state index in [9.17, 15) is 0 Å². The highest BCUT2D eigenvalue weighted by molar-refractivity contribution is 5.02. The Labute approximate surface area is 74.1 Å². The first-order chi connectivity index (χ1) is 5.80.